The average molecular weight is 296 g/mol. The van der Waals surface area contributed by atoms with E-state index in [0.29, 0.717) is 15.5 Å². The van der Waals surface area contributed by atoms with Gasteiger partial charge in [0.1, 0.15) is 0 Å². The topological polar surface area (TPSA) is 66.4 Å². The molecule has 0 fully saturated rings. The molecule has 6 heteroatoms. The van der Waals surface area contributed by atoms with E-state index >= 15 is 0 Å². The fraction of sp³-hybridized carbons (Fsp3) is 0.0769. The molecular weight excluding hydrogens is 286 g/mol. The first kappa shape index (κ1) is 13.7. The summed E-state index contributed by atoms with van der Waals surface area (Å²) in [5.41, 5.74) is 0.322. The zero-order chi connectivity index (χ0) is 13.8. The number of benzene rings is 1. The van der Waals surface area contributed by atoms with Gasteiger partial charge in [-0.3, -0.25) is 9.59 Å². The first-order valence-electron chi connectivity index (χ1n) is 5.40. The zero-order valence-electron chi connectivity index (χ0n) is 9.67. The van der Waals surface area contributed by atoms with Crippen LogP contribution in [0, 0.1) is 0 Å². The number of carbonyl (C=O) groups excluding carboxylic acids is 2. The quantitative estimate of drug-likeness (QED) is 0.672. The third-order valence-corrected chi connectivity index (χ3v) is 3.52. The number of rotatable bonds is 4. The highest BCUT2D eigenvalue weighted by Crippen LogP contribution is 2.12. The minimum Gasteiger partial charge on any atom is -0.367 e. The molecule has 0 unspecified atom stereocenters. The monoisotopic (exact) mass is 295 g/mol. The minimum atomic E-state index is -1.55. The Bertz CT molecular complexity index is 580. The van der Waals surface area contributed by atoms with Gasteiger partial charge < -0.3 is 10.4 Å². The van der Waals surface area contributed by atoms with E-state index in [1.54, 1.807) is 29.6 Å². The van der Waals surface area contributed by atoms with Gasteiger partial charge in [-0.2, -0.15) is 0 Å². The maximum Gasteiger partial charge on any atom is 0.253 e. The molecule has 0 spiro atoms. The van der Waals surface area contributed by atoms with Crippen LogP contribution in [-0.4, -0.2) is 23.0 Å². The maximum absolute atomic E-state index is 11.8. The molecule has 4 nitrogen and oxygen atoms in total. The molecule has 2 aromatic rings. The van der Waals surface area contributed by atoms with Crippen molar-refractivity contribution in [1.82, 2.24) is 5.32 Å². The van der Waals surface area contributed by atoms with E-state index in [1.165, 1.54) is 23.5 Å². The molecule has 0 aliphatic rings. The summed E-state index contributed by atoms with van der Waals surface area (Å²) < 4.78 is 0. The number of hydrogen-bond acceptors (Lipinski definition) is 4. The summed E-state index contributed by atoms with van der Waals surface area (Å²) in [6, 6.07) is 9.43. The lowest BCUT2D eigenvalue weighted by atomic mass is 10.2. The second kappa shape index (κ2) is 5.97. The van der Waals surface area contributed by atoms with Gasteiger partial charge in [0.2, 0.25) is 5.78 Å². The van der Waals surface area contributed by atoms with Gasteiger partial charge in [0, 0.05) is 10.6 Å². The summed E-state index contributed by atoms with van der Waals surface area (Å²) in [5.74, 6) is -1.06. The van der Waals surface area contributed by atoms with Crippen molar-refractivity contribution in [2.75, 3.05) is 0 Å². The summed E-state index contributed by atoms with van der Waals surface area (Å²) in [6.07, 6.45) is -1.55. The first-order chi connectivity index (χ1) is 9.08. The van der Waals surface area contributed by atoms with Crippen LogP contribution in [-0.2, 0) is 0 Å². The van der Waals surface area contributed by atoms with Gasteiger partial charge in [-0.25, -0.2) is 0 Å². The summed E-state index contributed by atoms with van der Waals surface area (Å²) in [4.78, 5) is 23.9. The van der Waals surface area contributed by atoms with Crippen LogP contribution >= 0.6 is 22.9 Å². The van der Waals surface area contributed by atoms with E-state index < -0.39 is 17.9 Å². The van der Waals surface area contributed by atoms with Crippen LogP contribution < -0.4 is 5.32 Å². The average Bonchev–Trinajstić information content (AvgIpc) is 2.92. The number of halogens is 1. The number of thiophene rings is 1. The molecular formula is C13H10ClNO3S. The molecule has 1 heterocycles. The molecule has 0 saturated carbocycles. The fourth-order valence-corrected chi connectivity index (χ4v) is 2.24. The largest absolute Gasteiger partial charge is 0.367 e. The second-order valence-electron chi connectivity index (χ2n) is 3.72. The van der Waals surface area contributed by atoms with Crippen LogP contribution in [0.4, 0.5) is 0 Å². The molecule has 2 rings (SSSR count). The van der Waals surface area contributed by atoms with E-state index in [0.717, 1.165) is 0 Å². The zero-order valence-corrected chi connectivity index (χ0v) is 11.2. The van der Waals surface area contributed by atoms with Crippen molar-refractivity contribution in [2.45, 2.75) is 6.23 Å². The standard InChI is InChI=1S/C13H10ClNO3S/c14-9-5-3-8(4-6-9)12(17)15-13(18)11(16)10-2-1-7-19-10/h1-7,13,18H,(H,15,17)/t13-/m0/s1. The lowest BCUT2D eigenvalue weighted by molar-refractivity contribution is 0.0610. The Kier molecular flexibility index (Phi) is 4.31. The molecule has 98 valence electrons. The number of hydrogen-bond donors (Lipinski definition) is 2. The van der Waals surface area contributed by atoms with Crippen LogP contribution in [0.15, 0.2) is 41.8 Å². The first-order valence-corrected chi connectivity index (χ1v) is 6.66. The number of amides is 1. The van der Waals surface area contributed by atoms with E-state index in [-0.39, 0.29) is 0 Å². The van der Waals surface area contributed by atoms with Gasteiger partial charge in [0.15, 0.2) is 6.23 Å². The number of Topliss-reactive ketones (excluding diaryl/α,β-unsaturated/α-hetero) is 1. The molecule has 0 aliphatic carbocycles. The normalized spacial score (nSPS) is 11.9. The van der Waals surface area contributed by atoms with Crippen molar-refractivity contribution in [3.05, 3.63) is 57.2 Å². The van der Waals surface area contributed by atoms with Crippen molar-refractivity contribution >= 4 is 34.6 Å². The third-order valence-electron chi connectivity index (χ3n) is 2.39. The SMILES string of the molecule is O=C(N[C@@H](O)C(=O)c1cccs1)c1ccc(Cl)cc1. The van der Waals surface area contributed by atoms with E-state index in [4.69, 9.17) is 11.6 Å². The van der Waals surface area contributed by atoms with Crippen LogP contribution in [0.25, 0.3) is 0 Å². The van der Waals surface area contributed by atoms with Crippen LogP contribution in [0.3, 0.4) is 0 Å². The number of aliphatic hydroxyl groups excluding tert-OH is 1. The van der Waals surface area contributed by atoms with Gasteiger partial charge >= 0.3 is 0 Å². The predicted octanol–water partition coefficient (Wildman–Crippen LogP) is 2.33. The number of nitrogens with one attached hydrogen (secondary N) is 1. The number of carbonyl (C=O) groups is 2. The van der Waals surface area contributed by atoms with Crippen molar-refractivity contribution < 1.29 is 14.7 Å². The van der Waals surface area contributed by atoms with E-state index in [1.807, 2.05) is 0 Å². The van der Waals surface area contributed by atoms with Crippen molar-refractivity contribution in [3.63, 3.8) is 0 Å². The Morgan fingerprint density at radius 2 is 1.89 bits per heavy atom. The van der Waals surface area contributed by atoms with Crippen molar-refractivity contribution in [2.24, 2.45) is 0 Å². The Morgan fingerprint density at radius 3 is 2.47 bits per heavy atom. The van der Waals surface area contributed by atoms with E-state index in [2.05, 4.69) is 5.32 Å². The Balaban J connectivity index is 2.02. The van der Waals surface area contributed by atoms with Gasteiger partial charge in [-0.05, 0) is 35.7 Å². The summed E-state index contributed by atoms with van der Waals surface area (Å²) in [5, 5.41) is 14.1. The van der Waals surface area contributed by atoms with E-state index in [9.17, 15) is 14.7 Å². The van der Waals surface area contributed by atoms with Gasteiger partial charge in [-0.1, -0.05) is 17.7 Å². The molecule has 0 aliphatic heterocycles. The summed E-state index contributed by atoms with van der Waals surface area (Å²) in [7, 11) is 0. The van der Waals surface area contributed by atoms with Crippen molar-refractivity contribution in [3.8, 4) is 0 Å². The summed E-state index contributed by atoms with van der Waals surface area (Å²) in [6.45, 7) is 0. The maximum atomic E-state index is 11.8. The highest BCUT2D eigenvalue weighted by atomic mass is 35.5. The molecule has 19 heavy (non-hydrogen) atoms. The summed E-state index contributed by atoms with van der Waals surface area (Å²) >= 11 is 6.91. The van der Waals surface area contributed by atoms with Crippen LogP contribution in [0.5, 0.6) is 0 Å². The molecule has 0 radical (unpaired) electrons. The minimum absolute atomic E-state index is 0.322. The Labute approximate surface area is 118 Å². The Morgan fingerprint density at radius 1 is 1.21 bits per heavy atom. The van der Waals surface area contributed by atoms with Gasteiger partial charge in [0.25, 0.3) is 5.91 Å². The Hall–Kier alpha value is -1.69. The molecule has 1 amide bonds. The molecule has 1 aromatic heterocycles. The highest BCUT2D eigenvalue weighted by Gasteiger charge is 2.20. The highest BCUT2D eigenvalue weighted by molar-refractivity contribution is 7.12. The van der Waals surface area contributed by atoms with Crippen molar-refractivity contribution in [1.29, 1.82) is 0 Å². The fourth-order valence-electron chi connectivity index (χ4n) is 1.43. The van der Waals surface area contributed by atoms with Crippen LogP contribution in [0.2, 0.25) is 5.02 Å². The number of ketones is 1. The van der Waals surface area contributed by atoms with Crippen LogP contribution in [0.1, 0.15) is 20.0 Å². The molecule has 2 N–H and O–H groups in total. The lowest BCUT2D eigenvalue weighted by Gasteiger charge is -2.10. The smallest absolute Gasteiger partial charge is 0.253 e. The molecule has 1 aromatic carbocycles. The second-order valence-corrected chi connectivity index (χ2v) is 5.11. The molecule has 0 saturated heterocycles. The lowest BCUT2D eigenvalue weighted by Crippen LogP contribution is -2.40. The number of aliphatic hydroxyl groups is 1. The third kappa shape index (κ3) is 3.41. The predicted molar refractivity (Wildman–Crippen MR) is 73.6 cm³/mol. The van der Waals surface area contributed by atoms with Gasteiger partial charge in [0.05, 0.1) is 4.88 Å². The molecule has 0 bridgehead atoms. The van der Waals surface area contributed by atoms with Gasteiger partial charge in [-0.15, -0.1) is 11.3 Å². The molecule has 1 atom stereocenters.